The number of nitro groups is 1. The van der Waals surface area contributed by atoms with E-state index in [0.29, 0.717) is 12.1 Å². The predicted molar refractivity (Wildman–Crippen MR) is 96.7 cm³/mol. The lowest BCUT2D eigenvalue weighted by Crippen LogP contribution is -2.42. The summed E-state index contributed by atoms with van der Waals surface area (Å²) in [5, 5.41) is 11.3. The summed E-state index contributed by atoms with van der Waals surface area (Å²) in [6.07, 6.45) is 1.47. The molecule has 1 aliphatic heterocycles. The van der Waals surface area contributed by atoms with Crippen LogP contribution in [-0.4, -0.2) is 19.4 Å². The van der Waals surface area contributed by atoms with Crippen LogP contribution in [0.1, 0.15) is 24.5 Å². The van der Waals surface area contributed by atoms with Gasteiger partial charge in [0.25, 0.3) is 15.7 Å². The third-order valence-corrected chi connectivity index (χ3v) is 6.80. The minimum atomic E-state index is -3.98. The predicted octanol–water partition coefficient (Wildman–Crippen LogP) is 4.09. The van der Waals surface area contributed by atoms with Gasteiger partial charge in [-0.05, 0) is 44.4 Å². The van der Waals surface area contributed by atoms with Crippen LogP contribution < -0.4 is 4.31 Å². The Morgan fingerprint density at radius 2 is 1.96 bits per heavy atom. The first-order valence-electron chi connectivity index (χ1n) is 7.80. The fourth-order valence-corrected chi connectivity index (χ4v) is 5.16. The number of hydrogen-bond acceptors (Lipinski definition) is 4. The summed E-state index contributed by atoms with van der Waals surface area (Å²) in [5.74, 6) is 0. The quantitative estimate of drug-likeness (QED) is 0.593. The maximum atomic E-state index is 13.2. The van der Waals surface area contributed by atoms with Gasteiger partial charge in [0.2, 0.25) is 0 Å². The molecule has 0 radical (unpaired) electrons. The molecule has 1 atom stereocenters. The summed E-state index contributed by atoms with van der Waals surface area (Å²) < 4.78 is 27.8. The normalized spacial score (nSPS) is 17.2. The van der Waals surface area contributed by atoms with Crippen LogP contribution in [0.2, 0.25) is 5.02 Å². The Morgan fingerprint density at radius 3 is 2.64 bits per heavy atom. The van der Waals surface area contributed by atoms with Crippen LogP contribution >= 0.6 is 11.6 Å². The molecular weight excluding hydrogens is 364 g/mol. The zero-order chi connectivity index (χ0) is 18.4. The minimum Gasteiger partial charge on any atom is -0.263 e. The van der Waals surface area contributed by atoms with E-state index in [1.54, 1.807) is 12.1 Å². The topological polar surface area (TPSA) is 80.5 Å². The highest BCUT2D eigenvalue weighted by Gasteiger charge is 2.35. The molecule has 0 aliphatic carbocycles. The van der Waals surface area contributed by atoms with Gasteiger partial charge in [0.1, 0.15) is 0 Å². The van der Waals surface area contributed by atoms with Crippen molar-refractivity contribution in [1.29, 1.82) is 0 Å². The van der Waals surface area contributed by atoms with Gasteiger partial charge in [-0.3, -0.25) is 14.4 Å². The van der Waals surface area contributed by atoms with Crippen molar-refractivity contribution in [1.82, 2.24) is 0 Å². The zero-order valence-electron chi connectivity index (χ0n) is 13.8. The molecule has 0 saturated carbocycles. The molecule has 0 saturated heterocycles. The first-order chi connectivity index (χ1) is 11.7. The van der Waals surface area contributed by atoms with Gasteiger partial charge in [0.15, 0.2) is 0 Å². The van der Waals surface area contributed by atoms with Crippen molar-refractivity contribution in [2.75, 3.05) is 4.31 Å². The SMILES string of the molecule is Cc1c(Cl)cc(S(=O)(=O)N2c3ccccc3CC[C@@H]2C)cc1[N+](=O)[O-]. The fourth-order valence-electron chi connectivity index (χ4n) is 3.11. The highest BCUT2D eigenvalue weighted by Crippen LogP contribution is 2.37. The average Bonchev–Trinajstić information content (AvgIpc) is 2.56. The van der Waals surface area contributed by atoms with E-state index in [9.17, 15) is 18.5 Å². The molecule has 1 heterocycles. The molecule has 3 rings (SSSR count). The molecule has 0 spiro atoms. The van der Waals surface area contributed by atoms with Gasteiger partial charge >= 0.3 is 0 Å². The maximum absolute atomic E-state index is 13.2. The van der Waals surface area contributed by atoms with Crippen molar-refractivity contribution in [3.63, 3.8) is 0 Å². The summed E-state index contributed by atoms with van der Waals surface area (Å²) in [6, 6.07) is 9.42. The van der Waals surface area contributed by atoms with Crippen molar-refractivity contribution < 1.29 is 13.3 Å². The summed E-state index contributed by atoms with van der Waals surface area (Å²) in [6.45, 7) is 3.33. The molecule has 0 aromatic heterocycles. The maximum Gasteiger partial charge on any atom is 0.275 e. The van der Waals surface area contributed by atoms with Crippen LogP contribution in [0.25, 0.3) is 0 Å². The molecule has 2 aromatic carbocycles. The molecule has 0 amide bonds. The van der Waals surface area contributed by atoms with E-state index in [2.05, 4.69) is 0 Å². The first-order valence-corrected chi connectivity index (χ1v) is 9.62. The Balaban J connectivity index is 2.19. The van der Waals surface area contributed by atoms with E-state index in [-0.39, 0.29) is 27.2 Å². The molecule has 132 valence electrons. The van der Waals surface area contributed by atoms with Crippen molar-refractivity contribution >= 4 is 33.0 Å². The molecule has 6 nitrogen and oxygen atoms in total. The number of rotatable bonds is 3. The standard InChI is InChI=1S/C17H17ClN2O4S/c1-11-7-8-13-5-3-4-6-16(13)19(11)25(23,24)14-9-15(18)12(2)17(10-14)20(21)22/h3-6,9-11H,7-8H2,1-2H3/t11-/m0/s1. The minimum absolute atomic E-state index is 0.0609. The van der Waals surface area contributed by atoms with Crippen LogP contribution in [0.4, 0.5) is 11.4 Å². The molecule has 0 unspecified atom stereocenters. The van der Waals surface area contributed by atoms with Crippen LogP contribution in [0.5, 0.6) is 0 Å². The Hall–Kier alpha value is -2.12. The smallest absolute Gasteiger partial charge is 0.263 e. The van der Waals surface area contributed by atoms with Crippen molar-refractivity contribution in [3.8, 4) is 0 Å². The lowest BCUT2D eigenvalue weighted by atomic mass is 9.99. The second kappa shape index (κ2) is 6.31. The largest absolute Gasteiger partial charge is 0.275 e. The average molecular weight is 381 g/mol. The number of halogens is 1. The van der Waals surface area contributed by atoms with E-state index < -0.39 is 14.9 Å². The first kappa shape index (κ1) is 17.7. The van der Waals surface area contributed by atoms with Gasteiger partial charge in [-0.2, -0.15) is 0 Å². The zero-order valence-corrected chi connectivity index (χ0v) is 15.3. The molecule has 1 aliphatic rings. The van der Waals surface area contributed by atoms with Crippen molar-refractivity contribution in [3.05, 3.63) is 62.7 Å². The second-order valence-corrected chi connectivity index (χ2v) is 8.35. The monoisotopic (exact) mass is 380 g/mol. The lowest BCUT2D eigenvalue weighted by Gasteiger charge is -2.36. The Kier molecular flexibility index (Phi) is 4.47. The van der Waals surface area contributed by atoms with Gasteiger partial charge in [0.05, 0.1) is 20.5 Å². The molecule has 0 fully saturated rings. The summed E-state index contributed by atoms with van der Waals surface area (Å²) in [5.41, 5.74) is 1.50. The summed E-state index contributed by atoms with van der Waals surface area (Å²) >= 11 is 6.06. The molecular formula is C17H17ClN2O4S. The van der Waals surface area contributed by atoms with Gasteiger partial charge in [-0.1, -0.05) is 29.8 Å². The van der Waals surface area contributed by atoms with E-state index in [1.165, 1.54) is 17.3 Å². The van der Waals surface area contributed by atoms with Gasteiger partial charge < -0.3 is 0 Å². The summed E-state index contributed by atoms with van der Waals surface area (Å²) in [4.78, 5) is 10.4. The lowest BCUT2D eigenvalue weighted by molar-refractivity contribution is -0.385. The molecule has 0 bridgehead atoms. The highest BCUT2D eigenvalue weighted by molar-refractivity contribution is 7.92. The Labute approximate surface area is 151 Å². The van der Waals surface area contributed by atoms with Crippen molar-refractivity contribution in [2.24, 2.45) is 0 Å². The molecule has 25 heavy (non-hydrogen) atoms. The number of hydrogen-bond donors (Lipinski definition) is 0. The van der Waals surface area contributed by atoms with Crippen LogP contribution in [0, 0.1) is 17.0 Å². The highest BCUT2D eigenvalue weighted by atomic mass is 35.5. The fraction of sp³-hybridized carbons (Fsp3) is 0.294. The molecule has 0 N–H and O–H groups in total. The van der Waals surface area contributed by atoms with Crippen LogP contribution in [0.3, 0.4) is 0 Å². The number of para-hydroxylation sites is 1. The number of sulfonamides is 1. The van der Waals surface area contributed by atoms with Gasteiger partial charge in [0, 0.05) is 17.7 Å². The van der Waals surface area contributed by atoms with E-state index >= 15 is 0 Å². The number of fused-ring (bicyclic) bond motifs is 1. The van der Waals surface area contributed by atoms with E-state index in [1.807, 2.05) is 19.1 Å². The van der Waals surface area contributed by atoms with Crippen LogP contribution in [-0.2, 0) is 16.4 Å². The number of nitro benzene ring substituents is 1. The molecule has 2 aromatic rings. The van der Waals surface area contributed by atoms with E-state index in [0.717, 1.165) is 18.1 Å². The number of benzene rings is 2. The third kappa shape index (κ3) is 2.98. The molecule has 8 heteroatoms. The Bertz CT molecular complexity index is 959. The Morgan fingerprint density at radius 1 is 1.28 bits per heavy atom. The number of nitrogens with zero attached hydrogens (tertiary/aromatic N) is 2. The van der Waals surface area contributed by atoms with Gasteiger partial charge in [-0.25, -0.2) is 8.42 Å². The second-order valence-electron chi connectivity index (χ2n) is 6.12. The summed E-state index contributed by atoms with van der Waals surface area (Å²) in [7, 11) is -3.98. The van der Waals surface area contributed by atoms with Crippen LogP contribution in [0.15, 0.2) is 41.3 Å². The third-order valence-electron chi connectivity index (χ3n) is 4.50. The van der Waals surface area contributed by atoms with E-state index in [4.69, 9.17) is 11.6 Å². The van der Waals surface area contributed by atoms with Crippen molar-refractivity contribution in [2.45, 2.75) is 37.6 Å². The van der Waals surface area contributed by atoms with Gasteiger partial charge in [-0.15, -0.1) is 0 Å². The number of anilines is 1. The number of aryl methyl sites for hydroxylation is 1.